The van der Waals surface area contributed by atoms with E-state index < -0.39 is 11.6 Å². The van der Waals surface area contributed by atoms with Gasteiger partial charge in [-0.1, -0.05) is 6.07 Å². The smallest absolute Gasteiger partial charge is 0.152 e. The summed E-state index contributed by atoms with van der Waals surface area (Å²) < 4.78 is 32.4. The zero-order valence-corrected chi connectivity index (χ0v) is 9.63. The van der Waals surface area contributed by atoms with E-state index in [0.717, 1.165) is 0 Å². The van der Waals surface area contributed by atoms with Crippen molar-refractivity contribution in [2.24, 2.45) is 0 Å². The topological polar surface area (TPSA) is 25.2 Å². The summed E-state index contributed by atoms with van der Waals surface area (Å²) >= 11 is 0. The second-order valence-corrected chi connectivity index (χ2v) is 3.93. The molecule has 1 aromatic carbocycles. The van der Waals surface area contributed by atoms with Gasteiger partial charge in [0.2, 0.25) is 0 Å². The average Bonchev–Trinajstić information content (AvgIpc) is 2.83. The zero-order valence-electron chi connectivity index (χ0n) is 9.63. The highest BCUT2D eigenvalue weighted by Crippen LogP contribution is 2.26. The Morgan fingerprint density at radius 3 is 2.65 bits per heavy atom. The van der Waals surface area contributed by atoms with Crippen LogP contribution in [0.3, 0.4) is 0 Å². The molecule has 1 unspecified atom stereocenters. The maximum absolute atomic E-state index is 13.7. The molecule has 2 nitrogen and oxygen atoms in total. The fraction of sp³-hybridized carbons (Fsp3) is 0.231. The van der Waals surface area contributed by atoms with E-state index in [9.17, 15) is 8.78 Å². The van der Waals surface area contributed by atoms with Crippen molar-refractivity contribution in [1.82, 2.24) is 0 Å². The first-order valence-corrected chi connectivity index (χ1v) is 5.34. The first-order valence-electron chi connectivity index (χ1n) is 5.34. The van der Waals surface area contributed by atoms with E-state index in [1.54, 1.807) is 26.0 Å². The Kier molecular flexibility index (Phi) is 3.13. The summed E-state index contributed by atoms with van der Waals surface area (Å²) in [6.45, 7) is 3.37. The highest BCUT2D eigenvalue weighted by molar-refractivity contribution is 5.50. The summed E-state index contributed by atoms with van der Waals surface area (Å²) in [6.07, 6.45) is 1.52. The summed E-state index contributed by atoms with van der Waals surface area (Å²) in [5, 5.41) is 2.78. The van der Waals surface area contributed by atoms with E-state index in [0.29, 0.717) is 11.3 Å². The maximum Gasteiger partial charge on any atom is 0.152 e. The third kappa shape index (κ3) is 2.30. The molecular weight excluding hydrogens is 224 g/mol. The minimum absolute atomic E-state index is 0.117. The molecule has 1 heterocycles. The average molecular weight is 237 g/mol. The summed E-state index contributed by atoms with van der Waals surface area (Å²) in [5.74, 6) is -0.541. The molecule has 0 aliphatic carbocycles. The molecule has 0 bridgehead atoms. The van der Waals surface area contributed by atoms with Gasteiger partial charge in [0.25, 0.3) is 0 Å². The quantitative estimate of drug-likeness (QED) is 0.871. The van der Waals surface area contributed by atoms with Crippen molar-refractivity contribution in [3.63, 3.8) is 0 Å². The zero-order chi connectivity index (χ0) is 12.4. The normalized spacial score (nSPS) is 12.5. The standard InChI is InChI=1S/C13H13F2NO/c1-8-5-6-10(14)13(12(8)15)16-9(2)11-4-3-7-17-11/h3-7,9,16H,1-2H3. The van der Waals surface area contributed by atoms with Gasteiger partial charge in [-0.3, -0.25) is 0 Å². The van der Waals surface area contributed by atoms with Gasteiger partial charge in [0.05, 0.1) is 12.3 Å². The van der Waals surface area contributed by atoms with Crippen LogP contribution in [0, 0.1) is 18.6 Å². The molecule has 0 amide bonds. The number of benzene rings is 1. The van der Waals surface area contributed by atoms with Gasteiger partial charge in [-0.25, -0.2) is 8.78 Å². The molecule has 4 heteroatoms. The summed E-state index contributed by atoms with van der Waals surface area (Å²) in [6, 6.07) is 5.85. The molecule has 0 aliphatic heterocycles. The molecule has 0 aliphatic rings. The molecular formula is C13H13F2NO. The van der Waals surface area contributed by atoms with Crippen LogP contribution < -0.4 is 5.32 Å². The molecule has 90 valence electrons. The fourth-order valence-corrected chi connectivity index (χ4v) is 1.61. The lowest BCUT2D eigenvalue weighted by atomic mass is 10.1. The Morgan fingerprint density at radius 2 is 2.00 bits per heavy atom. The fourth-order valence-electron chi connectivity index (χ4n) is 1.61. The Morgan fingerprint density at radius 1 is 1.24 bits per heavy atom. The van der Waals surface area contributed by atoms with E-state index in [-0.39, 0.29) is 11.7 Å². The number of furan rings is 1. The largest absolute Gasteiger partial charge is 0.467 e. The van der Waals surface area contributed by atoms with E-state index in [1.165, 1.54) is 18.4 Å². The number of rotatable bonds is 3. The summed E-state index contributed by atoms with van der Waals surface area (Å²) in [4.78, 5) is 0. The van der Waals surface area contributed by atoms with E-state index in [2.05, 4.69) is 5.32 Å². The second-order valence-electron chi connectivity index (χ2n) is 3.93. The van der Waals surface area contributed by atoms with Crippen LogP contribution in [0.15, 0.2) is 34.9 Å². The van der Waals surface area contributed by atoms with Crippen molar-refractivity contribution in [2.75, 3.05) is 5.32 Å². The maximum atomic E-state index is 13.7. The number of hydrogen-bond donors (Lipinski definition) is 1. The minimum Gasteiger partial charge on any atom is -0.467 e. The second kappa shape index (κ2) is 4.57. The number of hydrogen-bond acceptors (Lipinski definition) is 2. The molecule has 0 spiro atoms. The lowest BCUT2D eigenvalue weighted by Crippen LogP contribution is -2.09. The summed E-state index contributed by atoms with van der Waals surface area (Å²) in [7, 11) is 0. The lowest BCUT2D eigenvalue weighted by Gasteiger charge is -2.15. The van der Waals surface area contributed by atoms with Crippen LogP contribution in [0.4, 0.5) is 14.5 Å². The molecule has 0 saturated heterocycles. The first-order chi connectivity index (χ1) is 8.09. The molecule has 17 heavy (non-hydrogen) atoms. The highest BCUT2D eigenvalue weighted by atomic mass is 19.1. The Labute approximate surface area is 98.3 Å². The van der Waals surface area contributed by atoms with E-state index in [1.807, 2.05) is 0 Å². The van der Waals surface area contributed by atoms with Gasteiger partial charge < -0.3 is 9.73 Å². The third-order valence-electron chi connectivity index (χ3n) is 2.61. The lowest BCUT2D eigenvalue weighted by molar-refractivity contribution is 0.487. The van der Waals surface area contributed by atoms with Crippen LogP contribution in [0.5, 0.6) is 0 Å². The van der Waals surface area contributed by atoms with Gasteiger partial charge in [0.15, 0.2) is 5.82 Å². The molecule has 1 N–H and O–H groups in total. The molecule has 0 saturated carbocycles. The number of anilines is 1. The van der Waals surface area contributed by atoms with Gasteiger partial charge in [0, 0.05) is 0 Å². The molecule has 1 atom stereocenters. The SMILES string of the molecule is Cc1ccc(F)c(NC(C)c2ccco2)c1F. The van der Waals surface area contributed by atoms with Crippen molar-refractivity contribution >= 4 is 5.69 Å². The van der Waals surface area contributed by atoms with Gasteiger partial charge in [-0.05, 0) is 37.6 Å². The van der Waals surface area contributed by atoms with Gasteiger partial charge in [-0.2, -0.15) is 0 Å². The van der Waals surface area contributed by atoms with Crippen molar-refractivity contribution in [3.05, 3.63) is 53.5 Å². The monoisotopic (exact) mass is 237 g/mol. The predicted molar refractivity (Wildman–Crippen MR) is 61.8 cm³/mol. The number of nitrogens with one attached hydrogen (secondary N) is 1. The van der Waals surface area contributed by atoms with Crippen LogP contribution >= 0.6 is 0 Å². The van der Waals surface area contributed by atoms with Crippen LogP contribution in [-0.2, 0) is 0 Å². The van der Waals surface area contributed by atoms with E-state index >= 15 is 0 Å². The van der Waals surface area contributed by atoms with Crippen molar-refractivity contribution in [2.45, 2.75) is 19.9 Å². The number of halogens is 2. The summed E-state index contributed by atoms with van der Waals surface area (Å²) in [5.41, 5.74) is 0.287. The van der Waals surface area contributed by atoms with Gasteiger partial charge in [0.1, 0.15) is 17.3 Å². The Balaban J connectivity index is 2.27. The minimum atomic E-state index is -0.605. The third-order valence-corrected chi connectivity index (χ3v) is 2.61. The Bertz CT molecular complexity index is 508. The molecule has 0 fully saturated rings. The van der Waals surface area contributed by atoms with Crippen LogP contribution in [0.2, 0.25) is 0 Å². The van der Waals surface area contributed by atoms with Crippen molar-refractivity contribution < 1.29 is 13.2 Å². The Hall–Kier alpha value is -1.84. The van der Waals surface area contributed by atoms with Gasteiger partial charge in [-0.15, -0.1) is 0 Å². The predicted octanol–water partition coefficient (Wildman–Crippen LogP) is 4.04. The number of aryl methyl sites for hydroxylation is 1. The van der Waals surface area contributed by atoms with E-state index in [4.69, 9.17) is 4.42 Å². The molecule has 1 aromatic heterocycles. The highest BCUT2D eigenvalue weighted by Gasteiger charge is 2.15. The first kappa shape index (κ1) is 11.6. The molecule has 2 rings (SSSR count). The molecule has 0 radical (unpaired) electrons. The molecule has 2 aromatic rings. The van der Waals surface area contributed by atoms with Crippen LogP contribution in [0.25, 0.3) is 0 Å². The van der Waals surface area contributed by atoms with Crippen molar-refractivity contribution in [1.29, 1.82) is 0 Å². The van der Waals surface area contributed by atoms with Crippen LogP contribution in [0.1, 0.15) is 24.3 Å². The van der Waals surface area contributed by atoms with Gasteiger partial charge >= 0.3 is 0 Å². The van der Waals surface area contributed by atoms with Crippen molar-refractivity contribution in [3.8, 4) is 0 Å². The van der Waals surface area contributed by atoms with Crippen LogP contribution in [-0.4, -0.2) is 0 Å².